The SMILES string of the molecule is C#CCn1c(=NC(=O)/C=C\c2ccc([N+](=O)[O-])cc2)sc2cccc(Cl)c21. The van der Waals surface area contributed by atoms with Crippen LogP contribution in [-0.4, -0.2) is 15.4 Å². The minimum Gasteiger partial charge on any atom is -0.303 e. The molecule has 0 aliphatic heterocycles. The molecule has 0 atom stereocenters. The first-order chi connectivity index (χ1) is 13.0. The summed E-state index contributed by atoms with van der Waals surface area (Å²) in [5, 5.41) is 11.2. The lowest BCUT2D eigenvalue weighted by molar-refractivity contribution is -0.384. The molecule has 0 aliphatic carbocycles. The molecule has 0 fully saturated rings. The maximum atomic E-state index is 12.2. The summed E-state index contributed by atoms with van der Waals surface area (Å²) in [6.07, 6.45) is 8.27. The lowest BCUT2D eigenvalue weighted by atomic mass is 10.2. The van der Waals surface area contributed by atoms with Crippen LogP contribution in [0.2, 0.25) is 5.02 Å². The van der Waals surface area contributed by atoms with Crippen molar-refractivity contribution < 1.29 is 9.72 Å². The molecule has 2 aromatic carbocycles. The average molecular weight is 398 g/mol. The van der Waals surface area contributed by atoms with Crippen LogP contribution >= 0.6 is 22.9 Å². The van der Waals surface area contributed by atoms with Gasteiger partial charge in [0.05, 0.1) is 26.7 Å². The van der Waals surface area contributed by atoms with Crippen molar-refractivity contribution in [2.24, 2.45) is 4.99 Å². The Morgan fingerprint density at radius 1 is 1.33 bits per heavy atom. The standard InChI is InChI=1S/C19H12ClN3O3S/c1-2-12-22-18-15(20)4-3-5-16(18)27-19(22)21-17(24)11-8-13-6-9-14(10-7-13)23(25)26/h1,3-11H,12H2/b11-8-,21-19?. The molecule has 0 N–H and O–H groups in total. The third-order valence-corrected chi connectivity index (χ3v) is 4.98. The number of terminal acetylenes is 1. The molecule has 1 amide bonds. The largest absolute Gasteiger partial charge is 0.303 e. The number of halogens is 1. The van der Waals surface area contributed by atoms with Crippen LogP contribution in [0, 0.1) is 22.5 Å². The van der Waals surface area contributed by atoms with Crippen LogP contribution in [0.15, 0.2) is 53.5 Å². The number of hydrogen-bond acceptors (Lipinski definition) is 4. The molecule has 6 nitrogen and oxygen atoms in total. The van der Waals surface area contributed by atoms with Crippen molar-refractivity contribution in [2.75, 3.05) is 0 Å². The van der Waals surface area contributed by atoms with E-state index in [4.69, 9.17) is 18.0 Å². The second-order valence-electron chi connectivity index (χ2n) is 5.39. The van der Waals surface area contributed by atoms with Crippen molar-refractivity contribution in [3.63, 3.8) is 0 Å². The van der Waals surface area contributed by atoms with Crippen molar-refractivity contribution in [1.29, 1.82) is 0 Å². The Labute approximate surface area is 163 Å². The highest BCUT2D eigenvalue weighted by Gasteiger charge is 2.09. The topological polar surface area (TPSA) is 77.5 Å². The van der Waals surface area contributed by atoms with Gasteiger partial charge in [0, 0.05) is 18.2 Å². The van der Waals surface area contributed by atoms with Crippen molar-refractivity contribution in [3.05, 3.63) is 74.0 Å². The van der Waals surface area contributed by atoms with Gasteiger partial charge >= 0.3 is 0 Å². The fourth-order valence-electron chi connectivity index (χ4n) is 2.42. The summed E-state index contributed by atoms with van der Waals surface area (Å²) in [7, 11) is 0. The van der Waals surface area contributed by atoms with E-state index in [1.807, 2.05) is 12.1 Å². The van der Waals surface area contributed by atoms with E-state index in [9.17, 15) is 14.9 Å². The van der Waals surface area contributed by atoms with Crippen LogP contribution in [0.4, 0.5) is 5.69 Å². The highest BCUT2D eigenvalue weighted by molar-refractivity contribution is 7.16. The van der Waals surface area contributed by atoms with E-state index in [-0.39, 0.29) is 12.2 Å². The van der Waals surface area contributed by atoms with E-state index < -0.39 is 10.8 Å². The summed E-state index contributed by atoms with van der Waals surface area (Å²) in [5.41, 5.74) is 1.38. The molecule has 1 heterocycles. The minimum atomic E-state index is -0.481. The van der Waals surface area contributed by atoms with Crippen molar-refractivity contribution >= 4 is 50.8 Å². The average Bonchev–Trinajstić information content (AvgIpc) is 2.99. The van der Waals surface area contributed by atoms with Crippen LogP contribution in [0.5, 0.6) is 0 Å². The summed E-state index contributed by atoms with van der Waals surface area (Å²) < 4.78 is 2.60. The molecule has 0 unspecified atom stereocenters. The van der Waals surface area contributed by atoms with Crippen LogP contribution in [-0.2, 0) is 11.3 Å². The molecule has 0 saturated heterocycles. The Morgan fingerprint density at radius 3 is 2.74 bits per heavy atom. The van der Waals surface area contributed by atoms with Crippen LogP contribution in [0.25, 0.3) is 16.3 Å². The molecule has 3 aromatic rings. The van der Waals surface area contributed by atoms with Crippen molar-refractivity contribution in [2.45, 2.75) is 6.54 Å². The van der Waals surface area contributed by atoms with Gasteiger partial charge in [-0.05, 0) is 35.9 Å². The summed E-state index contributed by atoms with van der Waals surface area (Å²) in [6.45, 7) is 0.238. The Balaban J connectivity index is 1.93. The van der Waals surface area contributed by atoms with E-state index in [0.717, 1.165) is 10.2 Å². The number of para-hydroxylation sites is 1. The number of carbonyl (C=O) groups is 1. The molecule has 0 bridgehead atoms. The minimum absolute atomic E-state index is 0.0133. The summed E-state index contributed by atoms with van der Waals surface area (Å²) in [6, 6.07) is 11.3. The predicted molar refractivity (Wildman–Crippen MR) is 106 cm³/mol. The van der Waals surface area contributed by atoms with Crippen LogP contribution < -0.4 is 4.80 Å². The molecule has 134 valence electrons. The number of aromatic nitrogens is 1. The fraction of sp³-hybridized carbons (Fsp3) is 0.0526. The van der Waals surface area contributed by atoms with Gasteiger partial charge in [0.1, 0.15) is 0 Å². The van der Waals surface area contributed by atoms with Gasteiger partial charge in [-0.3, -0.25) is 14.9 Å². The van der Waals surface area contributed by atoms with Crippen molar-refractivity contribution in [1.82, 2.24) is 4.57 Å². The van der Waals surface area contributed by atoms with Gasteiger partial charge in [-0.2, -0.15) is 4.99 Å². The third-order valence-electron chi connectivity index (χ3n) is 3.63. The maximum absolute atomic E-state index is 12.2. The maximum Gasteiger partial charge on any atom is 0.272 e. The smallest absolute Gasteiger partial charge is 0.272 e. The molecule has 1 aromatic heterocycles. The van der Waals surface area contributed by atoms with Gasteiger partial charge < -0.3 is 4.57 Å². The Bertz CT molecular complexity index is 1170. The molecule has 0 saturated carbocycles. The normalized spacial score (nSPS) is 11.8. The quantitative estimate of drug-likeness (QED) is 0.288. The number of fused-ring (bicyclic) bond motifs is 1. The Morgan fingerprint density at radius 2 is 2.07 bits per heavy atom. The first-order valence-corrected chi connectivity index (χ1v) is 8.91. The van der Waals surface area contributed by atoms with Gasteiger partial charge in [-0.15, -0.1) is 6.42 Å². The van der Waals surface area contributed by atoms with Gasteiger partial charge in [0.15, 0.2) is 4.80 Å². The Hall–Kier alpha value is -3.21. The molecule has 0 radical (unpaired) electrons. The van der Waals surface area contributed by atoms with Crippen molar-refractivity contribution in [3.8, 4) is 12.3 Å². The number of hydrogen-bond donors (Lipinski definition) is 0. The fourth-order valence-corrected chi connectivity index (χ4v) is 3.81. The second-order valence-corrected chi connectivity index (χ2v) is 6.81. The number of carbonyl (C=O) groups excluding carboxylic acids is 1. The molecule has 0 aliphatic rings. The van der Waals surface area contributed by atoms with E-state index >= 15 is 0 Å². The number of nitro benzene ring substituents is 1. The van der Waals surface area contributed by atoms with Gasteiger partial charge in [0.25, 0.3) is 11.6 Å². The third kappa shape index (κ3) is 4.14. The highest BCUT2D eigenvalue weighted by Crippen LogP contribution is 2.25. The zero-order chi connectivity index (χ0) is 19.4. The first kappa shape index (κ1) is 18.6. The number of nitro groups is 1. The molecule has 27 heavy (non-hydrogen) atoms. The summed E-state index contributed by atoms with van der Waals surface area (Å²) >= 11 is 7.57. The predicted octanol–water partition coefficient (Wildman–Crippen LogP) is 4.04. The van der Waals surface area contributed by atoms with E-state index in [1.165, 1.54) is 29.5 Å². The van der Waals surface area contributed by atoms with E-state index in [0.29, 0.717) is 15.4 Å². The second kappa shape index (κ2) is 7.99. The molecular formula is C19H12ClN3O3S. The highest BCUT2D eigenvalue weighted by atomic mass is 35.5. The number of benzene rings is 2. The van der Waals surface area contributed by atoms with Gasteiger partial charge in [0.2, 0.25) is 0 Å². The Kier molecular flexibility index (Phi) is 5.50. The summed E-state index contributed by atoms with van der Waals surface area (Å²) in [5.74, 6) is 2.07. The monoisotopic (exact) mass is 397 g/mol. The summed E-state index contributed by atoms with van der Waals surface area (Å²) in [4.78, 5) is 27.0. The zero-order valence-corrected chi connectivity index (χ0v) is 15.4. The van der Waals surface area contributed by atoms with Crippen LogP contribution in [0.1, 0.15) is 5.56 Å². The first-order valence-electron chi connectivity index (χ1n) is 7.72. The number of rotatable bonds is 4. The molecule has 3 rings (SSSR count). The van der Waals surface area contributed by atoms with Gasteiger partial charge in [-0.25, -0.2) is 0 Å². The number of nitrogens with zero attached hydrogens (tertiary/aromatic N) is 3. The van der Waals surface area contributed by atoms with Gasteiger partial charge in [-0.1, -0.05) is 34.9 Å². The number of non-ortho nitro benzene ring substituents is 1. The molecule has 0 spiro atoms. The number of thiazole rings is 1. The lowest BCUT2D eigenvalue weighted by Crippen LogP contribution is -2.16. The molecular weight excluding hydrogens is 386 g/mol. The lowest BCUT2D eigenvalue weighted by Gasteiger charge is -2.00. The number of amides is 1. The molecule has 8 heteroatoms. The van der Waals surface area contributed by atoms with E-state index in [2.05, 4.69) is 10.9 Å². The van der Waals surface area contributed by atoms with Crippen LogP contribution in [0.3, 0.4) is 0 Å². The van der Waals surface area contributed by atoms with E-state index in [1.54, 1.807) is 28.8 Å². The zero-order valence-electron chi connectivity index (χ0n) is 13.8.